The largest absolute Gasteiger partial charge is 0.468 e. The van der Waals surface area contributed by atoms with Gasteiger partial charge in [-0.3, -0.25) is 9.69 Å². The maximum Gasteiger partial charge on any atom is 0.323 e. The number of carbonyl (C=O) groups is 1. The Morgan fingerprint density at radius 1 is 1.40 bits per heavy atom. The van der Waals surface area contributed by atoms with Crippen molar-refractivity contribution in [3.05, 3.63) is 0 Å². The molecule has 1 saturated carbocycles. The van der Waals surface area contributed by atoms with Crippen LogP contribution in [0.5, 0.6) is 0 Å². The highest BCUT2D eigenvalue weighted by Gasteiger charge is 2.40. The maximum absolute atomic E-state index is 11.6. The van der Waals surface area contributed by atoms with E-state index >= 15 is 0 Å². The molecule has 5 heteroatoms. The summed E-state index contributed by atoms with van der Waals surface area (Å²) in [5.41, 5.74) is 0. The summed E-state index contributed by atoms with van der Waals surface area (Å²) in [7, 11) is 1.37. The van der Waals surface area contributed by atoms with Gasteiger partial charge in [0.25, 0.3) is 0 Å². The van der Waals surface area contributed by atoms with E-state index in [1.807, 2.05) is 0 Å². The summed E-state index contributed by atoms with van der Waals surface area (Å²) >= 11 is 0. The molecule has 0 radical (unpaired) electrons. The predicted molar refractivity (Wildman–Crippen MR) is 54.3 cm³/mol. The van der Waals surface area contributed by atoms with Crippen LogP contribution in [0.15, 0.2) is 0 Å². The molecule has 15 heavy (non-hydrogen) atoms. The van der Waals surface area contributed by atoms with Crippen molar-refractivity contribution in [2.75, 3.05) is 33.4 Å². The summed E-state index contributed by atoms with van der Waals surface area (Å²) in [6, 6.07) is -0.297. The first-order valence-electron chi connectivity index (χ1n) is 5.28. The number of methoxy groups -OCH3 is 1. The second-order valence-corrected chi connectivity index (χ2v) is 3.79. The molecule has 88 valence electrons. The van der Waals surface area contributed by atoms with Gasteiger partial charge in [0.2, 0.25) is 0 Å². The number of carbonyl (C=O) groups excluding carboxylic acids is 1. The van der Waals surface area contributed by atoms with Crippen LogP contribution in [0.3, 0.4) is 0 Å². The zero-order chi connectivity index (χ0) is 11.3. The molecule has 0 amide bonds. The molecule has 0 aromatic rings. The van der Waals surface area contributed by atoms with Gasteiger partial charge in [-0.2, -0.15) is 0 Å². The topological polar surface area (TPSA) is 70.0 Å². The summed E-state index contributed by atoms with van der Waals surface area (Å²) in [5.74, 6) is 0.0648. The first-order valence-corrected chi connectivity index (χ1v) is 5.28. The molecule has 0 bridgehead atoms. The highest BCUT2D eigenvalue weighted by molar-refractivity contribution is 5.76. The molecular formula is C10H19NO4. The lowest BCUT2D eigenvalue weighted by molar-refractivity contribution is -0.148. The summed E-state index contributed by atoms with van der Waals surface area (Å²) in [4.78, 5) is 13.4. The molecule has 2 N–H and O–H groups in total. The Balaban J connectivity index is 2.60. The third kappa shape index (κ3) is 3.44. The summed E-state index contributed by atoms with van der Waals surface area (Å²) in [6.07, 6.45) is 2.04. The molecule has 5 nitrogen and oxygen atoms in total. The predicted octanol–water partition coefficient (Wildman–Crippen LogP) is -0.775. The molecule has 1 aliphatic rings. The van der Waals surface area contributed by atoms with Crippen molar-refractivity contribution < 1.29 is 19.7 Å². The zero-order valence-corrected chi connectivity index (χ0v) is 9.06. The van der Waals surface area contributed by atoms with Crippen LogP contribution in [-0.2, 0) is 9.53 Å². The number of aliphatic hydroxyl groups is 2. The van der Waals surface area contributed by atoms with Crippen molar-refractivity contribution in [1.82, 2.24) is 4.90 Å². The second-order valence-electron chi connectivity index (χ2n) is 3.79. The van der Waals surface area contributed by atoms with Crippen molar-refractivity contribution >= 4 is 5.97 Å². The number of esters is 1. The first-order chi connectivity index (χ1) is 7.24. The molecule has 0 aromatic carbocycles. The smallest absolute Gasteiger partial charge is 0.323 e. The van der Waals surface area contributed by atoms with Gasteiger partial charge in [0.15, 0.2) is 0 Å². The van der Waals surface area contributed by atoms with E-state index in [-0.39, 0.29) is 25.2 Å². The number of hydrogen-bond donors (Lipinski definition) is 2. The van der Waals surface area contributed by atoms with E-state index in [1.54, 1.807) is 4.90 Å². The van der Waals surface area contributed by atoms with Gasteiger partial charge < -0.3 is 14.9 Å². The maximum atomic E-state index is 11.6. The van der Waals surface area contributed by atoms with E-state index in [9.17, 15) is 4.79 Å². The number of aliphatic hydroxyl groups excluding tert-OH is 2. The lowest BCUT2D eigenvalue weighted by Gasteiger charge is -2.28. The Bertz CT molecular complexity index is 200. The molecule has 1 aliphatic carbocycles. The van der Waals surface area contributed by atoms with E-state index in [0.717, 1.165) is 12.8 Å². The van der Waals surface area contributed by atoms with Crippen LogP contribution in [0, 0.1) is 5.92 Å². The monoisotopic (exact) mass is 217 g/mol. The van der Waals surface area contributed by atoms with Crippen LogP contribution < -0.4 is 0 Å². The SMILES string of the molecule is COC(=O)C(C1CC1)N(CCO)CCO. The molecule has 0 aromatic heterocycles. The average molecular weight is 217 g/mol. The molecule has 0 spiro atoms. The Morgan fingerprint density at radius 3 is 2.27 bits per heavy atom. The Kier molecular flexibility index (Phi) is 5.01. The molecule has 0 saturated heterocycles. The molecule has 0 heterocycles. The highest BCUT2D eigenvalue weighted by Crippen LogP contribution is 2.35. The van der Waals surface area contributed by atoms with E-state index in [1.165, 1.54) is 7.11 Å². The minimum Gasteiger partial charge on any atom is -0.468 e. The minimum absolute atomic E-state index is 0.0137. The lowest BCUT2D eigenvalue weighted by atomic mass is 10.1. The number of rotatable bonds is 7. The van der Waals surface area contributed by atoms with Gasteiger partial charge in [0.1, 0.15) is 6.04 Å². The Labute approximate surface area is 89.6 Å². The summed E-state index contributed by atoms with van der Waals surface area (Å²) < 4.78 is 4.74. The van der Waals surface area contributed by atoms with Gasteiger partial charge in [-0.25, -0.2) is 0 Å². The van der Waals surface area contributed by atoms with E-state index in [0.29, 0.717) is 19.0 Å². The summed E-state index contributed by atoms with van der Waals surface area (Å²) in [5, 5.41) is 17.8. The lowest BCUT2D eigenvalue weighted by Crippen LogP contribution is -2.46. The molecule has 1 fully saturated rings. The summed E-state index contributed by atoms with van der Waals surface area (Å²) in [6.45, 7) is 0.772. The average Bonchev–Trinajstić information content (AvgIpc) is 3.03. The number of nitrogens with zero attached hydrogens (tertiary/aromatic N) is 1. The number of hydrogen-bond acceptors (Lipinski definition) is 5. The van der Waals surface area contributed by atoms with E-state index in [4.69, 9.17) is 14.9 Å². The van der Waals surface area contributed by atoms with Crippen LogP contribution >= 0.6 is 0 Å². The van der Waals surface area contributed by atoms with E-state index < -0.39 is 0 Å². The molecule has 1 unspecified atom stereocenters. The normalized spacial score (nSPS) is 17.9. The van der Waals surface area contributed by atoms with Gasteiger partial charge in [0, 0.05) is 13.1 Å². The molecule has 1 atom stereocenters. The Hall–Kier alpha value is -0.650. The fourth-order valence-electron chi connectivity index (χ4n) is 1.82. The molecule has 1 rings (SSSR count). The number of ether oxygens (including phenoxy) is 1. The Morgan fingerprint density at radius 2 is 1.93 bits per heavy atom. The van der Waals surface area contributed by atoms with Gasteiger partial charge in [-0.15, -0.1) is 0 Å². The van der Waals surface area contributed by atoms with Crippen molar-refractivity contribution in [3.63, 3.8) is 0 Å². The molecule has 0 aliphatic heterocycles. The zero-order valence-electron chi connectivity index (χ0n) is 9.06. The second kappa shape index (κ2) is 6.05. The van der Waals surface area contributed by atoms with Crippen LogP contribution in [0.25, 0.3) is 0 Å². The third-order valence-corrected chi connectivity index (χ3v) is 2.68. The van der Waals surface area contributed by atoms with Gasteiger partial charge in [0.05, 0.1) is 20.3 Å². The van der Waals surface area contributed by atoms with Crippen LogP contribution in [0.4, 0.5) is 0 Å². The van der Waals surface area contributed by atoms with Gasteiger partial charge in [-0.05, 0) is 18.8 Å². The standard InChI is InChI=1S/C10H19NO4/c1-15-10(14)9(8-2-3-8)11(4-6-12)5-7-13/h8-9,12-13H,2-7H2,1H3. The third-order valence-electron chi connectivity index (χ3n) is 2.68. The van der Waals surface area contributed by atoms with Crippen molar-refractivity contribution in [2.45, 2.75) is 18.9 Å². The van der Waals surface area contributed by atoms with Gasteiger partial charge in [-0.1, -0.05) is 0 Å². The van der Waals surface area contributed by atoms with Crippen molar-refractivity contribution in [1.29, 1.82) is 0 Å². The van der Waals surface area contributed by atoms with Crippen molar-refractivity contribution in [3.8, 4) is 0 Å². The fraction of sp³-hybridized carbons (Fsp3) is 0.900. The van der Waals surface area contributed by atoms with Crippen molar-refractivity contribution in [2.24, 2.45) is 5.92 Å². The highest BCUT2D eigenvalue weighted by atomic mass is 16.5. The van der Waals surface area contributed by atoms with Crippen LogP contribution in [0.1, 0.15) is 12.8 Å². The minimum atomic E-state index is -0.297. The fourth-order valence-corrected chi connectivity index (χ4v) is 1.82. The first kappa shape index (κ1) is 12.4. The van der Waals surface area contributed by atoms with Crippen LogP contribution in [-0.4, -0.2) is 60.5 Å². The van der Waals surface area contributed by atoms with Crippen LogP contribution in [0.2, 0.25) is 0 Å². The quantitative estimate of drug-likeness (QED) is 0.548. The van der Waals surface area contributed by atoms with Gasteiger partial charge >= 0.3 is 5.97 Å². The van der Waals surface area contributed by atoms with E-state index in [2.05, 4.69) is 0 Å². The molecular weight excluding hydrogens is 198 g/mol.